The number of hydrogen-bond acceptors (Lipinski definition) is 4. The van der Waals surface area contributed by atoms with Crippen LogP contribution in [0.15, 0.2) is 10.9 Å². The minimum Gasteiger partial charge on any atom is -0.338 e. The van der Waals surface area contributed by atoms with Crippen molar-refractivity contribution in [3.63, 3.8) is 0 Å². The van der Waals surface area contributed by atoms with Gasteiger partial charge in [-0.05, 0) is 19.4 Å². The summed E-state index contributed by atoms with van der Waals surface area (Å²) >= 11 is 1.56. The van der Waals surface area contributed by atoms with Gasteiger partial charge < -0.3 is 10.2 Å². The third-order valence-corrected chi connectivity index (χ3v) is 3.50. The highest BCUT2D eigenvalue weighted by Gasteiger charge is 2.23. The predicted octanol–water partition coefficient (Wildman–Crippen LogP) is 2.09. The third kappa shape index (κ3) is 4.72. The fourth-order valence-electron chi connectivity index (χ4n) is 1.97. The number of nitrogens with one attached hydrogen (secondary N) is 1. The van der Waals surface area contributed by atoms with Gasteiger partial charge >= 0.3 is 0 Å². The summed E-state index contributed by atoms with van der Waals surface area (Å²) in [6.07, 6.45) is 3.29. The van der Waals surface area contributed by atoms with Crippen molar-refractivity contribution in [3.8, 4) is 0 Å². The van der Waals surface area contributed by atoms with Crippen LogP contribution >= 0.6 is 36.2 Å². The van der Waals surface area contributed by atoms with Gasteiger partial charge in [-0.3, -0.25) is 4.79 Å². The zero-order valence-corrected chi connectivity index (χ0v) is 12.7. The van der Waals surface area contributed by atoms with Crippen LogP contribution in [0.2, 0.25) is 0 Å². The largest absolute Gasteiger partial charge is 0.338 e. The second kappa shape index (κ2) is 8.69. The van der Waals surface area contributed by atoms with Crippen LogP contribution in [0.5, 0.6) is 0 Å². The topological polar surface area (TPSA) is 45.2 Å². The van der Waals surface area contributed by atoms with E-state index in [0.29, 0.717) is 6.54 Å². The van der Waals surface area contributed by atoms with Crippen molar-refractivity contribution in [2.45, 2.75) is 31.8 Å². The van der Waals surface area contributed by atoms with E-state index in [4.69, 9.17) is 0 Å². The summed E-state index contributed by atoms with van der Waals surface area (Å²) in [5.41, 5.74) is 2.77. The number of likely N-dealkylation sites (N-methyl/N-ethyl adjacent to an activating group) is 1. The lowest BCUT2D eigenvalue weighted by atomic mass is 10.0. The van der Waals surface area contributed by atoms with Gasteiger partial charge in [0.05, 0.1) is 23.8 Å². The van der Waals surface area contributed by atoms with E-state index in [2.05, 4.69) is 10.3 Å². The van der Waals surface area contributed by atoms with Crippen LogP contribution in [0, 0.1) is 0 Å². The number of thiazole rings is 1. The van der Waals surface area contributed by atoms with Crippen molar-refractivity contribution in [3.05, 3.63) is 16.6 Å². The zero-order valence-electron chi connectivity index (χ0n) is 10.3. The molecule has 104 valence electrons. The van der Waals surface area contributed by atoms with Gasteiger partial charge in [-0.25, -0.2) is 4.98 Å². The van der Waals surface area contributed by atoms with Crippen molar-refractivity contribution in [2.75, 3.05) is 13.6 Å². The molecule has 0 aliphatic carbocycles. The molecule has 1 aromatic heterocycles. The molecule has 1 aromatic rings. The first-order valence-corrected chi connectivity index (χ1v) is 6.57. The van der Waals surface area contributed by atoms with Gasteiger partial charge in [-0.2, -0.15) is 0 Å². The number of nitrogens with zero attached hydrogens (tertiary/aromatic N) is 2. The van der Waals surface area contributed by atoms with Gasteiger partial charge in [-0.1, -0.05) is 6.42 Å². The Morgan fingerprint density at radius 2 is 2.33 bits per heavy atom. The van der Waals surface area contributed by atoms with Crippen LogP contribution in [0.1, 0.15) is 25.0 Å². The molecule has 18 heavy (non-hydrogen) atoms. The standard InChI is InChI=1S/C11H17N3OS.2ClH/c1-14(6-9-7-16-8-13-9)11(15)10-4-2-3-5-12-10;;/h7-8,10,12H,2-6H2,1H3;2*1H. The maximum Gasteiger partial charge on any atom is 0.239 e. The molecule has 0 radical (unpaired) electrons. The van der Waals surface area contributed by atoms with Crippen molar-refractivity contribution in [1.82, 2.24) is 15.2 Å². The van der Waals surface area contributed by atoms with E-state index in [1.54, 1.807) is 21.7 Å². The molecule has 1 N–H and O–H groups in total. The Kier molecular flexibility index (Phi) is 8.52. The van der Waals surface area contributed by atoms with E-state index in [0.717, 1.165) is 25.1 Å². The van der Waals surface area contributed by atoms with Crippen LogP contribution in [0.25, 0.3) is 0 Å². The first kappa shape index (κ1) is 17.6. The number of hydrogen-bond donors (Lipinski definition) is 1. The smallest absolute Gasteiger partial charge is 0.239 e. The van der Waals surface area contributed by atoms with Crippen LogP contribution in [-0.4, -0.2) is 35.4 Å². The molecule has 2 rings (SSSR count). The van der Waals surface area contributed by atoms with Crippen LogP contribution in [-0.2, 0) is 11.3 Å². The third-order valence-electron chi connectivity index (χ3n) is 2.87. The Hall–Kier alpha value is -0.360. The Morgan fingerprint density at radius 1 is 1.56 bits per heavy atom. The lowest BCUT2D eigenvalue weighted by molar-refractivity contribution is -0.133. The molecule has 7 heteroatoms. The Morgan fingerprint density at radius 3 is 2.89 bits per heavy atom. The summed E-state index contributed by atoms with van der Waals surface area (Å²) in [7, 11) is 1.85. The van der Waals surface area contributed by atoms with Crippen LogP contribution in [0.4, 0.5) is 0 Å². The highest BCUT2D eigenvalue weighted by atomic mass is 35.5. The molecule has 1 atom stereocenters. The van der Waals surface area contributed by atoms with Gasteiger partial charge in [-0.15, -0.1) is 36.2 Å². The fraction of sp³-hybridized carbons (Fsp3) is 0.636. The molecule has 1 unspecified atom stereocenters. The average Bonchev–Trinajstić information content (AvgIpc) is 2.82. The number of halogens is 2. The van der Waals surface area contributed by atoms with Crippen molar-refractivity contribution >= 4 is 42.1 Å². The van der Waals surface area contributed by atoms with Crippen LogP contribution < -0.4 is 5.32 Å². The molecule has 0 aromatic carbocycles. The molecule has 0 bridgehead atoms. The highest BCUT2D eigenvalue weighted by molar-refractivity contribution is 7.07. The maximum atomic E-state index is 12.1. The Bertz CT molecular complexity index is 342. The number of carbonyl (C=O) groups is 1. The minimum absolute atomic E-state index is 0. The van der Waals surface area contributed by atoms with E-state index in [1.165, 1.54) is 6.42 Å². The van der Waals surface area contributed by atoms with E-state index in [1.807, 2.05) is 12.4 Å². The molecule has 2 heterocycles. The van der Waals surface area contributed by atoms with Gasteiger partial charge in [0.1, 0.15) is 0 Å². The van der Waals surface area contributed by atoms with Gasteiger partial charge in [0.2, 0.25) is 5.91 Å². The summed E-state index contributed by atoms with van der Waals surface area (Å²) in [6, 6.07) is 0.0115. The minimum atomic E-state index is 0. The van der Waals surface area contributed by atoms with Crippen molar-refractivity contribution in [2.24, 2.45) is 0 Å². The zero-order chi connectivity index (χ0) is 11.4. The second-order valence-corrected chi connectivity index (χ2v) is 4.90. The monoisotopic (exact) mass is 311 g/mol. The highest BCUT2D eigenvalue weighted by Crippen LogP contribution is 2.11. The molecule has 1 aliphatic heterocycles. The Balaban J connectivity index is 0.00000144. The number of piperidine rings is 1. The summed E-state index contributed by atoms with van der Waals surface area (Å²) in [6.45, 7) is 1.57. The first-order chi connectivity index (χ1) is 7.77. The molecule has 1 aliphatic rings. The normalized spacial score (nSPS) is 18.4. The average molecular weight is 312 g/mol. The molecule has 1 amide bonds. The number of carbonyl (C=O) groups excluding carboxylic acids is 1. The molecular formula is C11H19Cl2N3OS. The summed E-state index contributed by atoms with van der Waals surface area (Å²) < 4.78 is 0. The summed E-state index contributed by atoms with van der Waals surface area (Å²) in [4.78, 5) is 18.0. The fourth-order valence-corrected chi connectivity index (χ4v) is 2.51. The summed E-state index contributed by atoms with van der Waals surface area (Å²) in [5.74, 6) is 0.188. The lowest BCUT2D eigenvalue weighted by Crippen LogP contribution is -2.47. The van der Waals surface area contributed by atoms with E-state index >= 15 is 0 Å². The van der Waals surface area contributed by atoms with Crippen LogP contribution in [0.3, 0.4) is 0 Å². The first-order valence-electron chi connectivity index (χ1n) is 5.63. The van der Waals surface area contributed by atoms with E-state index < -0.39 is 0 Å². The molecular weight excluding hydrogens is 293 g/mol. The maximum absolute atomic E-state index is 12.1. The molecule has 0 saturated carbocycles. The second-order valence-electron chi connectivity index (χ2n) is 4.18. The van der Waals surface area contributed by atoms with Crippen molar-refractivity contribution < 1.29 is 4.79 Å². The van der Waals surface area contributed by atoms with E-state index in [-0.39, 0.29) is 36.8 Å². The van der Waals surface area contributed by atoms with Gasteiger partial charge in [0, 0.05) is 12.4 Å². The molecule has 1 fully saturated rings. The number of aromatic nitrogens is 1. The lowest BCUT2D eigenvalue weighted by Gasteiger charge is -2.27. The van der Waals surface area contributed by atoms with Gasteiger partial charge in [0.25, 0.3) is 0 Å². The van der Waals surface area contributed by atoms with E-state index in [9.17, 15) is 4.79 Å². The molecule has 1 saturated heterocycles. The number of rotatable bonds is 3. The Labute approximate surface area is 124 Å². The SMILES string of the molecule is CN(Cc1cscn1)C(=O)C1CCCCN1.Cl.Cl. The predicted molar refractivity (Wildman–Crippen MR) is 78.7 cm³/mol. The van der Waals surface area contributed by atoms with Gasteiger partial charge in [0.15, 0.2) is 0 Å². The molecule has 4 nitrogen and oxygen atoms in total. The quantitative estimate of drug-likeness (QED) is 0.929. The summed E-state index contributed by atoms with van der Waals surface area (Å²) in [5, 5.41) is 5.25. The number of amides is 1. The van der Waals surface area contributed by atoms with Crippen molar-refractivity contribution in [1.29, 1.82) is 0 Å². The molecule has 0 spiro atoms.